The molecule has 3 rings (SSSR count). The van der Waals surface area contributed by atoms with Crippen molar-refractivity contribution in [2.24, 2.45) is 0 Å². The molecule has 0 aliphatic rings. The molecule has 0 radical (unpaired) electrons. The Morgan fingerprint density at radius 2 is 1.36 bits per heavy atom. The van der Waals surface area contributed by atoms with Crippen LogP contribution in [0.15, 0.2) is 72.9 Å². The first-order chi connectivity index (χ1) is 13.7. The third-order valence-corrected chi connectivity index (χ3v) is 4.12. The van der Waals surface area contributed by atoms with Crippen molar-refractivity contribution in [3.63, 3.8) is 0 Å². The third-order valence-electron chi connectivity index (χ3n) is 4.12. The summed E-state index contributed by atoms with van der Waals surface area (Å²) < 4.78 is 10.4. The maximum Gasteiger partial charge on any atom is 0.375 e. The van der Waals surface area contributed by atoms with Crippen LogP contribution in [0.25, 0.3) is 0 Å². The molecular formula is C22H22N2O4. The molecule has 0 saturated heterocycles. The lowest BCUT2D eigenvalue weighted by atomic mass is 10.2. The fourth-order valence-corrected chi connectivity index (χ4v) is 2.64. The smallest absolute Gasteiger partial charge is 0.375 e. The van der Waals surface area contributed by atoms with Gasteiger partial charge in [0, 0.05) is 6.20 Å². The fraction of sp³-hybridized carbons (Fsp3) is 0.182. The zero-order valence-electron chi connectivity index (χ0n) is 15.9. The van der Waals surface area contributed by atoms with E-state index in [-0.39, 0.29) is 5.69 Å². The zero-order valence-corrected chi connectivity index (χ0v) is 15.9. The van der Waals surface area contributed by atoms with Crippen LogP contribution in [-0.2, 0) is 17.9 Å². The van der Waals surface area contributed by atoms with Crippen LogP contribution in [0.3, 0.4) is 0 Å². The van der Waals surface area contributed by atoms with Crippen LogP contribution in [0.2, 0.25) is 0 Å². The summed E-state index contributed by atoms with van der Waals surface area (Å²) in [4.78, 5) is 22.2. The van der Waals surface area contributed by atoms with Crippen molar-refractivity contribution < 1.29 is 19.1 Å². The Balaban J connectivity index is 1.76. The summed E-state index contributed by atoms with van der Waals surface area (Å²) in [5, 5.41) is 1.61. The van der Waals surface area contributed by atoms with Crippen molar-refractivity contribution in [1.82, 2.24) is 10.0 Å². The summed E-state index contributed by atoms with van der Waals surface area (Å²) in [5.74, 6) is 1.05. The molecule has 6 nitrogen and oxygen atoms in total. The Kier molecular flexibility index (Phi) is 6.59. The van der Waals surface area contributed by atoms with Crippen LogP contribution in [0.4, 0.5) is 0 Å². The molecule has 1 heterocycles. The minimum Gasteiger partial charge on any atom is -0.497 e. The first-order valence-corrected chi connectivity index (χ1v) is 8.82. The van der Waals surface area contributed by atoms with Gasteiger partial charge in [-0.3, -0.25) is 0 Å². The Morgan fingerprint density at radius 3 is 1.79 bits per heavy atom. The molecule has 28 heavy (non-hydrogen) atoms. The van der Waals surface area contributed by atoms with Crippen molar-refractivity contribution in [3.05, 3.63) is 89.7 Å². The minimum absolute atomic E-state index is 0.261. The van der Waals surface area contributed by atoms with Gasteiger partial charge in [-0.05, 0) is 47.5 Å². The number of aromatic nitrogens is 1. The second kappa shape index (κ2) is 9.53. The number of methoxy groups -OCH3 is 2. The number of pyridine rings is 1. The molecule has 0 saturated carbocycles. The summed E-state index contributed by atoms with van der Waals surface area (Å²) in [7, 11) is 3.25. The lowest BCUT2D eigenvalue weighted by Gasteiger charge is -2.21. The Bertz CT molecular complexity index is 831. The third kappa shape index (κ3) is 5.31. The number of carbonyl (C=O) groups is 1. The summed E-state index contributed by atoms with van der Waals surface area (Å²) in [6.45, 7) is 0.850. The lowest BCUT2D eigenvalue weighted by Crippen LogP contribution is -2.27. The van der Waals surface area contributed by atoms with Gasteiger partial charge in [0.1, 0.15) is 17.2 Å². The van der Waals surface area contributed by atoms with Crippen LogP contribution in [-0.4, -0.2) is 30.2 Å². The van der Waals surface area contributed by atoms with Crippen molar-refractivity contribution in [2.75, 3.05) is 14.2 Å². The molecule has 3 aromatic rings. The van der Waals surface area contributed by atoms with E-state index in [1.807, 2.05) is 48.5 Å². The van der Waals surface area contributed by atoms with Gasteiger partial charge >= 0.3 is 5.97 Å². The predicted octanol–water partition coefficient (Wildman–Crippen LogP) is 3.87. The molecule has 1 aromatic heterocycles. The van der Waals surface area contributed by atoms with E-state index in [0.717, 1.165) is 22.6 Å². The maximum absolute atomic E-state index is 12.5. The number of benzene rings is 2. The van der Waals surface area contributed by atoms with E-state index in [2.05, 4.69) is 4.98 Å². The van der Waals surface area contributed by atoms with Gasteiger partial charge in [0.2, 0.25) is 0 Å². The highest BCUT2D eigenvalue weighted by Crippen LogP contribution is 2.17. The average Bonchev–Trinajstić information content (AvgIpc) is 2.75. The number of rotatable bonds is 8. The number of hydrogen-bond acceptors (Lipinski definition) is 6. The van der Waals surface area contributed by atoms with Crippen LogP contribution in [0.1, 0.15) is 21.6 Å². The second-order valence-corrected chi connectivity index (χ2v) is 6.09. The molecule has 0 N–H and O–H groups in total. The van der Waals surface area contributed by atoms with E-state index in [9.17, 15) is 4.79 Å². The fourth-order valence-electron chi connectivity index (χ4n) is 2.64. The van der Waals surface area contributed by atoms with Gasteiger partial charge in [0.25, 0.3) is 0 Å². The molecule has 6 heteroatoms. The number of hydroxylamine groups is 2. The summed E-state index contributed by atoms with van der Waals surface area (Å²) in [5.41, 5.74) is 2.24. The highest BCUT2D eigenvalue weighted by molar-refractivity contribution is 5.86. The van der Waals surface area contributed by atoms with Crippen molar-refractivity contribution >= 4 is 5.97 Å². The lowest BCUT2D eigenvalue weighted by molar-refractivity contribution is -0.124. The van der Waals surface area contributed by atoms with Crippen LogP contribution in [0.5, 0.6) is 11.5 Å². The van der Waals surface area contributed by atoms with Crippen molar-refractivity contribution in [2.45, 2.75) is 13.1 Å². The molecule has 0 amide bonds. The molecule has 0 unspecified atom stereocenters. The normalized spacial score (nSPS) is 10.5. The van der Waals surface area contributed by atoms with Crippen molar-refractivity contribution in [1.29, 1.82) is 0 Å². The van der Waals surface area contributed by atoms with Gasteiger partial charge in [-0.15, -0.1) is 5.06 Å². The molecule has 0 fully saturated rings. The van der Waals surface area contributed by atoms with E-state index < -0.39 is 5.97 Å². The molecule has 0 aliphatic carbocycles. The van der Waals surface area contributed by atoms with Crippen LogP contribution < -0.4 is 9.47 Å². The van der Waals surface area contributed by atoms with E-state index in [4.69, 9.17) is 14.3 Å². The van der Waals surface area contributed by atoms with E-state index >= 15 is 0 Å². The zero-order chi connectivity index (χ0) is 19.8. The molecule has 0 spiro atoms. The monoisotopic (exact) mass is 378 g/mol. The quantitative estimate of drug-likeness (QED) is 0.555. The topological polar surface area (TPSA) is 60.9 Å². The predicted molar refractivity (Wildman–Crippen MR) is 105 cm³/mol. The van der Waals surface area contributed by atoms with E-state index in [1.54, 1.807) is 43.7 Å². The van der Waals surface area contributed by atoms with Gasteiger partial charge in [-0.2, -0.15) is 0 Å². The summed E-state index contributed by atoms with van der Waals surface area (Å²) >= 11 is 0. The minimum atomic E-state index is -0.498. The first-order valence-electron chi connectivity index (χ1n) is 8.82. The number of ether oxygens (including phenoxy) is 2. The average molecular weight is 378 g/mol. The van der Waals surface area contributed by atoms with Gasteiger partial charge in [0.15, 0.2) is 0 Å². The SMILES string of the molecule is COc1ccc(CN(Cc2ccc(OC)cc2)OC(=O)c2ccccn2)cc1. The van der Waals surface area contributed by atoms with E-state index in [0.29, 0.717) is 13.1 Å². The highest BCUT2D eigenvalue weighted by Gasteiger charge is 2.16. The number of nitrogens with zero attached hydrogens (tertiary/aromatic N) is 2. The van der Waals surface area contributed by atoms with Gasteiger partial charge in [0.05, 0.1) is 27.3 Å². The molecule has 144 valence electrons. The van der Waals surface area contributed by atoms with Crippen LogP contribution >= 0.6 is 0 Å². The highest BCUT2D eigenvalue weighted by atomic mass is 16.7. The van der Waals surface area contributed by atoms with E-state index in [1.165, 1.54) is 0 Å². The Hall–Kier alpha value is -3.38. The van der Waals surface area contributed by atoms with Gasteiger partial charge in [-0.1, -0.05) is 30.3 Å². The number of carbonyl (C=O) groups excluding carboxylic acids is 1. The molecule has 0 bridgehead atoms. The summed E-state index contributed by atoms with van der Waals surface area (Å²) in [6, 6.07) is 20.4. The van der Waals surface area contributed by atoms with Gasteiger partial charge < -0.3 is 14.3 Å². The molecular weight excluding hydrogens is 356 g/mol. The van der Waals surface area contributed by atoms with Gasteiger partial charge in [-0.25, -0.2) is 9.78 Å². The summed E-state index contributed by atoms with van der Waals surface area (Å²) in [6.07, 6.45) is 1.56. The molecule has 0 atom stereocenters. The largest absolute Gasteiger partial charge is 0.497 e. The maximum atomic E-state index is 12.5. The standard InChI is InChI=1S/C22H22N2O4/c1-26-19-10-6-17(7-11-19)15-24(16-18-8-12-20(27-2)13-9-18)28-22(25)21-5-3-4-14-23-21/h3-14H,15-16H2,1-2H3. The Morgan fingerprint density at radius 1 is 0.821 bits per heavy atom. The Labute approximate surface area is 164 Å². The van der Waals surface area contributed by atoms with Crippen LogP contribution in [0, 0.1) is 0 Å². The first kappa shape index (κ1) is 19.4. The molecule has 2 aromatic carbocycles. The number of hydrogen-bond donors (Lipinski definition) is 0. The molecule has 0 aliphatic heterocycles. The van der Waals surface area contributed by atoms with Crippen molar-refractivity contribution in [3.8, 4) is 11.5 Å². The second-order valence-electron chi connectivity index (χ2n) is 6.09.